The van der Waals surface area contributed by atoms with Gasteiger partial charge >= 0.3 is 5.17 Å². The molecule has 0 aliphatic rings. The number of rotatable bonds is 3. The average molecular weight is 253 g/mol. The third kappa shape index (κ3) is 4.00. The first-order valence-corrected chi connectivity index (χ1v) is 6.02. The van der Waals surface area contributed by atoms with E-state index in [2.05, 4.69) is 10.7 Å². The molecule has 0 spiro atoms. The lowest BCUT2D eigenvalue weighted by Gasteiger charge is -2.03. The Morgan fingerprint density at radius 1 is 1.50 bits per heavy atom. The summed E-state index contributed by atoms with van der Waals surface area (Å²) in [5.41, 5.74) is 8.86. The van der Waals surface area contributed by atoms with Crippen molar-refractivity contribution in [3.8, 4) is 6.07 Å². The van der Waals surface area contributed by atoms with Crippen LogP contribution in [0.4, 0.5) is 0 Å². The van der Waals surface area contributed by atoms with E-state index in [1.165, 1.54) is 11.8 Å². The van der Waals surface area contributed by atoms with E-state index in [-0.39, 0.29) is 0 Å². The molecule has 0 atom stereocenters. The fourth-order valence-corrected chi connectivity index (χ4v) is 2.07. The second-order valence-corrected chi connectivity index (χ2v) is 4.15. The van der Waals surface area contributed by atoms with Gasteiger partial charge in [-0.25, -0.2) is 0 Å². The highest BCUT2D eigenvalue weighted by molar-refractivity contribution is 8.13. The highest BCUT2D eigenvalue weighted by Gasteiger charge is 2.06. The van der Waals surface area contributed by atoms with E-state index in [9.17, 15) is 0 Å². The average Bonchev–Trinajstić information content (AvgIpc) is 2.29. The van der Waals surface area contributed by atoms with Crippen molar-refractivity contribution in [2.75, 3.05) is 0 Å². The molecule has 1 aromatic rings. The Hall–Kier alpha value is -1.40. The van der Waals surface area contributed by atoms with Crippen molar-refractivity contribution in [3.63, 3.8) is 0 Å². The number of hydrogen-bond acceptors (Lipinski definition) is 2. The molecule has 0 saturated heterocycles. The standard InChI is InChI=1S/C11H10ClN3S/c12-8-15-11(14)16-7-10-4-2-1-3-9(10)5-6-13/h1-4,8,14H,5,7H2/p+1. The van der Waals surface area contributed by atoms with Crippen LogP contribution in [-0.4, -0.2) is 10.8 Å². The molecule has 3 nitrogen and oxygen atoms in total. The van der Waals surface area contributed by atoms with Crippen molar-refractivity contribution in [1.29, 1.82) is 5.26 Å². The lowest BCUT2D eigenvalue weighted by molar-refractivity contribution is 1.20. The van der Waals surface area contributed by atoms with E-state index in [0.717, 1.165) is 16.8 Å². The summed E-state index contributed by atoms with van der Waals surface area (Å²) in [5, 5.41) is 9.10. The fourth-order valence-electron chi connectivity index (χ4n) is 1.19. The normalized spacial score (nSPS) is 9.00. The molecular weight excluding hydrogens is 242 g/mol. The van der Waals surface area contributed by atoms with E-state index in [0.29, 0.717) is 17.3 Å². The van der Waals surface area contributed by atoms with Gasteiger partial charge in [0.2, 0.25) is 0 Å². The van der Waals surface area contributed by atoms with Crippen LogP contribution in [0.2, 0.25) is 0 Å². The number of nitriles is 1. The molecule has 1 rings (SSSR count). The Bertz CT molecular complexity index is 459. The Kier molecular flexibility index (Phi) is 5.52. The molecule has 1 aromatic carbocycles. The van der Waals surface area contributed by atoms with Crippen LogP contribution in [0.3, 0.4) is 0 Å². The minimum atomic E-state index is 0.412. The minimum absolute atomic E-state index is 0.412. The van der Waals surface area contributed by atoms with Crippen molar-refractivity contribution >= 4 is 34.2 Å². The van der Waals surface area contributed by atoms with E-state index >= 15 is 0 Å². The van der Waals surface area contributed by atoms with E-state index < -0.39 is 0 Å². The van der Waals surface area contributed by atoms with Crippen LogP contribution in [0.5, 0.6) is 0 Å². The fraction of sp³-hybridized carbons (Fsp3) is 0.182. The Balaban J connectivity index is 2.74. The Morgan fingerprint density at radius 3 is 2.81 bits per heavy atom. The second kappa shape index (κ2) is 6.97. The van der Waals surface area contributed by atoms with E-state index in [1.54, 1.807) is 0 Å². The number of nitrogens with zero attached hydrogens (tertiary/aromatic N) is 2. The first-order valence-electron chi connectivity index (χ1n) is 4.59. The summed E-state index contributed by atoms with van der Waals surface area (Å²) < 4.78 is 3.75. The number of halogens is 1. The van der Waals surface area contributed by atoms with Gasteiger partial charge < -0.3 is 0 Å². The van der Waals surface area contributed by atoms with Gasteiger partial charge in [0.15, 0.2) is 0 Å². The van der Waals surface area contributed by atoms with Crippen molar-refractivity contribution in [2.45, 2.75) is 12.2 Å². The van der Waals surface area contributed by atoms with Gasteiger partial charge in [0.1, 0.15) is 0 Å². The third-order valence-corrected chi connectivity index (χ3v) is 2.89. The molecule has 0 aliphatic heterocycles. The molecule has 0 bridgehead atoms. The molecule has 16 heavy (non-hydrogen) atoms. The number of nitrogens with two attached hydrogens (primary N) is 1. The largest absolute Gasteiger partial charge is 0.403 e. The van der Waals surface area contributed by atoms with Gasteiger partial charge in [-0.3, -0.25) is 5.73 Å². The SMILES string of the molecule is N#CCc1ccccc1CSC(N)=[N+]=CCl. The molecule has 0 aliphatic carbocycles. The summed E-state index contributed by atoms with van der Waals surface area (Å²) in [5.74, 6) is 0.692. The van der Waals surface area contributed by atoms with Crippen LogP contribution in [0, 0.1) is 11.3 Å². The summed E-state index contributed by atoms with van der Waals surface area (Å²) in [6, 6.07) is 9.93. The zero-order valence-electron chi connectivity index (χ0n) is 8.56. The van der Waals surface area contributed by atoms with Gasteiger partial charge in [0.25, 0.3) is 5.67 Å². The molecule has 0 radical (unpaired) electrons. The van der Waals surface area contributed by atoms with E-state index in [1.807, 2.05) is 24.3 Å². The maximum Gasteiger partial charge on any atom is 0.403 e. The van der Waals surface area contributed by atoms with Gasteiger partial charge in [-0.15, -0.1) is 0 Å². The van der Waals surface area contributed by atoms with Crippen molar-refractivity contribution in [1.82, 2.24) is 4.67 Å². The first kappa shape index (κ1) is 12.7. The van der Waals surface area contributed by atoms with Gasteiger partial charge in [-0.05, 0) is 34.5 Å². The number of thioether (sulfide) groups is 1. The molecule has 5 heteroatoms. The number of benzene rings is 1. The minimum Gasteiger partial charge on any atom is -0.267 e. The van der Waals surface area contributed by atoms with Crippen LogP contribution in [0.15, 0.2) is 24.3 Å². The molecule has 0 unspecified atom stereocenters. The maximum absolute atomic E-state index is 8.68. The molecule has 0 amide bonds. The van der Waals surface area contributed by atoms with Gasteiger partial charge in [0, 0.05) is 5.75 Å². The third-order valence-electron chi connectivity index (χ3n) is 1.94. The smallest absolute Gasteiger partial charge is 0.267 e. The highest BCUT2D eigenvalue weighted by Crippen LogP contribution is 2.16. The monoisotopic (exact) mass is 252 g/mol. The predicted molar refractivity (Wildman–Crippen MR) is 70.3 cm³/mol. The number of amidine groups is 1. The van der Waals surface area contributed by atoms with Crippen molar-refractivity contribution in [3.05, 3.63) is 35.4 Å². The predicted octanol–water partition coefficient (Wildman–Crippen LogP) is 1.63. The summed E-state index contributed by atoms with van der Waals surface area (Å²) in [7, 11) is 0. The lowest BCUT2D eigenvalue weighted by Crippen LogP contribution is -2.10. The first-order chi connectivity index (χ1) is 7.77. The quantitative estimate of drug-likeness (QED) is 0.505. The van der Waals surface area contributed by atoms with Gasteiger partial charge in [-0.1, -0.05) is 24.3 Å². The lowest BCUT2D eigenvalue weighted by atomic mass is 10.1. The summed E-state index contributed by atoms with van der Waals surface area (Å²) in [6.07, 6.45) is 0.412. The Labute approximate surface area is 104 Å². The Morgan fingerprint density at radius 2 is 2.19 bits per heavy atom. The van der Waals surface area contributed by atoms with Gasteiger partial charge in [0.05, 0.1) is 12.5 Å². The highest BCUT2D eigenvalue weighted by atomic mass is 35.5. The van der Waals surface area contributed by atoms with Crippen LogP contribution < -0.4 is 10.4 Å². The van der Waals surface area contributed by atoms with Crippen LogP contribution in [-0.2, 0) is 12.2 Å². The molecule has 0 saturated carbocycles. The van der Waals surface area contributed by atoms with Gasteiger partial charge in [-0.2, -0.15) is 9.93 Å². The van der Waals surface area contributed by atoms with Crippen LogP contribution in [0.25, 0.3) is 0 Å². The maximum atomic E-state index is 8.68. The summed E-state index contributed by atoms with van der Waals surface area (Å²) in [6.45, 7) is 0. The van der Waals surface area contributed by atoms with Crippen molar-refractivity contribution in [2.24, 2.45) is 5.73 Å². The molecule has 82 valence electrons. The molecule has 2 N–H and O–H groups in total. The zero-order chi connectivity index (χ0) is 11.8. The molecule has 0 heterocycles. The molecular formula is C11H11ClN3S+. The zero-order valence-corrected chi connectivity index (χ0v) is 10.1. The van der Waals surface area contributed by atoms with Crippen LogP contribution >= 0.6 is 23.4 Å². The van der Waals surface area contributed by atoms with Crippen LogP contribution in [0.1, 0.15) is 11.1 Å². The second-order valence-electron chi connectivity index (χ2n) is 2.96. The topological polar surface area (TPSA) is 63.9 Å². The molecule has 0 aromatic heterocycles. The van der Waals surface area contributed by atoms with E-state index in [4.69, 9.17) is 22.6 Å². The summed E-state index contributed by atoms with van der Waals surface area (Å²) in [4.78, 5) is 0. The summed E-state index contributed by atoms with van der Waals surface area (Å²) >= 11 is 6.71. The molecule has 0 fully saturated rings. The van der Waals surface area contributed by atoms with Crippen molar-refractivity contribution < 1.29 is 0 Å². The number of hydrogen-bond donors (Lipinski definition) is 1.